The van der Waals surface area contributed by atoms with Crippen molar-refractivity contribution in [1.82, 2.24) is 5.32 Å². The summed E-state index contributed by atoms with van der Waals surface area (Å²) in [5.74, 6) is 0.0513. The smallest absolute Gasteiger partial charge is 0.256 e. The highest BCUT2D eigenvalue weighted by Crippen LogP contribution is 2.41. The first kappa shape index (κ1) is 11.0. The van der Waals surface area contributed by atoms with Crippen molar-refractivity contribution < 1.29 is 9.78 Å². The zero-order chi connectivity index (χ0) is 12.8. The third-order valence-corrected chi connectivity index (χ3v) is 4.97. The Hall–Kier alpha value is -1.88. The van der Waals surface area contributed by atoms with Gasteiger partial charge in [0.1, 0.15) is 5.00 Å². The van der Waals surface area contributed by atoms with E-state index in [-0.39, 0.29) is 12.1 Å². The van der Waals surface area contributed by atoms with Crippen LogP contribution in [0.4, 0.5) is 5.00 Å². The monoisotopic (exact) mass is 272 g/mol. The number of fused-ring (bicyclic) bond motifs is 3. The van der Waals surface area contributed by atoms with Crippen LogP contribution >= 0.6 is 11.3 Å². The summed E-state index contributed by atoms with van der Waals surface area (Å²) in [4.78, 5) is 16.9. The first-order chi connectivity index (χ1) is 9.33. The number of hydrogen-bond donors (Lipinski definition) is 2. The molecule has 4 rings (SSSR count). The van der Waals surface area contributed by atoms with Crippen LogP contribution in [0.3, 0.4) is 0 Å². The normalized spacial score (nSPS) is 20.4. The molecule has 1 atom stereocenters. The number of anilines is 1. The number of aromatic amines is 1. The molecule has 2 aromatic rings. The first-order valence-corrected chi connectivity index (χ1v) is 7.33. The van der Waals surface area contributed by atoms with Gasteiger partial charge in [-0.1, -0.05) is 0 Å². The molecule has 19 heavy (non-hydrogen) atoms. The van der Waals surface area contributed by atoms with Crippen LogP contribution < -0.4 is 15.6 Å². The van der Waals surface area contributed by atoms with Gasteiger partial charge in [0, 0.05) is 17.0 Å². The Morgan fingerprint density at radius 2 is 2.21 bits per heavy atom. The van der Waals surface area contributed by atoms with Gasteiger partial charge in [-0.05, 0) is 30.9 Å². The lowest BCUT2D eigenvalue weighted by Gasteiger charge is -2.23. The Morgan fingerprint density at radius 1 is 1.26 bits per heavy atom. The molecule has 2 aliphatic rings. The van der Waals surface area contributed by atoms with Crippen LogP contribution in [0.5, 0.6) is 0 Å². The first-order valence-electron chi connectivity index (χ1n) is 6.51. The fourth-order valence-electron chi connectivity index (χ4n) is 2.86. The molecule has 0 radical (unpaired) electrons. The number of rotatable bonds is 1. The highest BCUT2D eigenvalue weighted by molar-refractivity contribution is 7.16. The minimum atomic E-state index is -0.167. The van der Waals surface area contributed by atoms with Crippen LogP contribution in [-0.4, -0.2) is 5.91 Å². The van der Waals surface area contributed by atoms with Crippen molar-refractivity contribution in [3.63, 3.8) is 0 Å². The largest absolute Gasteiger partial charge is 0.348 e. The fourth-order valence-corrected chi connectivity index (χ4v) is 4.17. The van der Waals surface area contributed by atoms with Gasteiger partial charge in [-0.3, -0.25) is 4.79 Å². The van der Waals surface area contributed by atoms with Crippen LogP contribution in [0, 0.1) is 0 Å². The van der Waals surface area contributed by atoms with Gasteiger partial charge in [-0.15, -0.1) is 11.3 Å². The Morgan fingerprint density at radius 3 is 3.05 bits per heavy atom. The lowest BCUT2D eigenvalue weighted by molar-refractivity contribution is -0.392. The number of hydrogen-bond acceptors (Lipinski definition) is 3. The van der Waals surface area contributed by atoms with Crippen molar-refractivity contribution in [2.75, 3.05) is 5.32 Å². The van der Waals surface area contributed by atoms with Crippen molar-refractivity contribution in [3.05, 3.63) is 46.1 Å². The minimum Gasteiger partial charge on any atom is -0.348 e. The predicted octanol–water partition coefficient (Wildman–Crippen LogP) is 1.90. The Bertz CT molecular complexity index is 650. The van der Waals surface area contributed by atoms with Crippen LogP contribution in [-0.2, 0) is 12.8 Å². The SMILES string of the molecule is O=C1NC(c2cccc[nH+]2)Nc2sc3c(c21)CCC3. The van der Waals surface area contributed by atoms with Gasteiger partial charge in [0.2, 0.25) is 5.69 Å². The predicted molar refractivity (Wildman–Crippen MR) is 73.2 cm³/mol. The lowest BCUT2D eigenvalue weighted by atomic mass is 10.1. The van der Waals surface area contributed by atoms with Crippen molar-refractivity contribution >= 4 is 22.2 Å². The van der Waals surface area contributed by atoms with Crippen molar-refractivity contribution in [2.45, 2.75) is 25.4 Å². The van der Waals surface area contributed by atoms with Gasteiger partial charge in [0.05, 0.1) is 5.56 Å². The van der Waals surface area contributed by atoms with Crippen LogP contribution in [0.1, 0.15) is 39.1 Å². The molecule has 1 aliphatic carbocycles. The average molecular weight is 272 g/mol. The summed E-state index contributed by atoms with van der Waals surface area (Å²) in [6.07, 6.45) is 5.03. The number of nitrogens with one attached hydrogen (secondary N) is 3. The molecule has 2 aromatic heterocycles. The zero-order valence-electron chi connectivity index (χ0n) is 10.3. The molecule has 1 amide bonds. The van der Waals surface area contributed by atoms with Gasteiger partial charge in [-0.2, -0.15) is 0 Å². The second-order valence-electron chi connectivity index (χ2n) is 4.93. The molecule has 3 heterocycles. The summed E-state index contributed by atoms with van der Waals surface area (Å²) >= 11 is 1.74. The number of carbonyl (C=O) groups is 1. The number of aryl methyl sites for hydroxylation is 1. The van der Waals surface area contributed by atoms with E-state index in [1.807, 2.05) is 24.4 Å². The number of amides is 1. The van der Waals surface area contributed by atoms with Gasteiger partial charge in [0.25, 0.3) is 5.91 Å². The number of thiophene rings is 1. The van der Waals surface area contributed by atoms with E-state index in [0.29, 0.717) is 0 Å². The molecule has 1 unspecified atom stereocenters. The van der Waals surface area contributed by atoms with E-state index in [0.717, 1.165) is 29.1 Å². The topological polar surface area (TPSA) is 55.3 Å². The van der Waals surface area contributed by atoms with Crippen LogP contribution in [0.15, 0.2) is 24.4 Å². The number of carbonyl (C=O) groups excluding carboxylic acids is 1. The second-order valence-corrected chi connectivity index (χ2v) is 6.04. The van der Waals surface area contributed by atoms with E-state index in [1.54, 1.807) is 11.3 Å². The summed E-state index contributed by atoms with van der Waals surface area (Å²) in [6, 6.07) is 5.87. The van der Waals surface area contributed by atoms with E-state index >= 15 is 0 Å². The standard InChI is InChI=1S/C14H13N3OS/c18-13-11-8-4-3-6-10(8)19-14(11)17-12(16-13)9-5-1-2-7-15-9/h1-2,5,7,12,17H,3-4,6H2,(H,16,18)/p+1. The Labute approximate surface area is 114 Å². The second kappa shape index (κ2) is 4.06. The Balaban J connectivity index is 1.74. The van der Waals surface area contributed by atoms with Crippen LogP contribution in [0.2, 0.25) is 0 Å². The Kier molecular flexibility index (Phi) is 2.35. The molecular formula is C14H14N3OS+. The molecule has 0 saturated heterocycles. The lowest BCUT2D eigenvalue weighted by Crippen LogP contribution is -2.40. The van der Waals surface area contributed by atoms with Gasteiger partial charge in [0.15, 0.2) is 12.4 Å². The fraction of sp³-hybridized carbons (Fsp3) is 0.286. The van der Waals surface area contributed by atoms with E-state index in [1.165, 1.54) is 16.9 Å². The maximum absolute atomic E-state index is 12.3. The number of aromatic nitrogens is 1. The van der Waals surface area contributed by atoms with Crippen LogP contribution in [0.25, 0.3) is 0 Å². The summed E-state index contributed by atoms with van der Waals surface area (Å²) in [6.45, 7) is 0. The van der Waals surface area contributed by atoms with Gasteiger partial charge >= 0.3 is 0 Å². The summed E-state index contributed by atoms with van der Waals surface area (Å²) in [7, 11) is 0. The van der Waals surface area contributed by atoms with Gasteiger partial charge < -0.3 is 10.6 Å². The van der Waals surface area contributed by atoms with E-state index in [9.17, 15) is 4.79 Å². The van der Waals surface area contributed by atoms with E-state index in [4.69, 9.17) is 0 Å². The number of H-pyrrole nitrogens is 1. The molecule has 4 nitrogen and oxygen atoms in total. The molecule has 96 valence electrons. The third-order valence-electron chi connectivity index (χ3n) is 3.74. The summed E-state index contributed by atoms with van der Waals surface area (Å²) in [5.41, 5.74) is 3.11. The molecule has 3 N–H and O–H groups in total. The number of pyridine rings is 1. The summed E-state index contributed by atoms with van der Waals surface area (Å²) in [5, 5.41) is 7.48. The molecule has 5 heteroatoms. The molecular weight excluding hydrogens is 258 g/mol. The molecule has 0 saturated carbocycles. The molecule has 0 bridgehead atoms. The molecule has 0 aromatic carbocycles. The van der Waals surface area contributed by atoms with Crippen molar-refractivity contribution in [3.8, 4) is 0 Å². The average Bonchev–Trinajstić information content (AvgIpc) is 2.99. The van der Waals surface area contributed by atoms with Crippen molar-refractivity contribution in [2.24, 2.45) is 0 Å². The molecule has 0 fully saturated rings. The third kappa shape index (κ3) is 1.65. The maximum atomic E-state index is 12.3. The highest BCUT2D eigenvalue weighted by Gasteiger charge is 2.34. The zero-order valence-corrected chi connectivity index (χ0v) is 11.1. The van der Waals surface area contributed by atoms with Crippen molar-refractivity contribution in [1.29, 1.82) is 0 Å². The molecule has 1 aliphatic heterocycles. The summed E-state index contributed by atoms with van der Waals surface area (Å²) < 4.78 is 0. The van der Waals surface area contributed by atoms with Gasteiger partial charge in [-0.25, -0.2) is 4.98 Å². The minimum absolute atomic E-state index is 0.0513. The van der Waals surface area contributed by atoms with E-state index in [2.05, 4.69) is 15.6 Å². The highest BCUT2D eigenvalue weighted by atomic mass is 32.1. The quantitative estimate of drug-likeness (QED) is 0.833. The molecule has 0 spiro atoms. The maximum Gasteiger partial charge on any atom is 0.256 e. The van der Waals surface area contributed by atoms with E-state index < -0.39 is 0 Å².